The molecule has 2 N–H and O–H groups in total. The molecule has 0 spiro atoms. The molecule has 3 unspecified atom stereocenters. The van der Waals surface area contributed by atoms with Gasteiger partial charge in [-0.05, 0) is 79.9 Å². The highest BCUT2D eigenvalue weighted by Crippen LogP contribution is 2.63. The van der Waals surface area contributed by atoms with Gasteiger partial charge in [0, 0.05) is 18.5 Å². The number of ether oxygens (including phenoxy) is 1. The Morgan fingerprint density at radius 3 is 2.07 bits per heavy atom. The number of terminal acetylenes is 3. The van der Waals surface area contributed by atoms with Crippen LogP contribution in [-0.2, 0) is 4.79 Å². The van der Waals surface area contributed by atoms with Gasteiger partial charge in [-0.25, -0.2) is 9.18 Å². The van der Waals surface area contributed by atoms with E-state index in [1.54, 1.807) is 6.07 Å². The molecular formula is C35H55FN2O3S. The predicted molar refractivity (Wildman–Crippen MR) is 182 cm³/mol. The zero-order valence-electron chi connectivity index (χ0n) is 23.3. The normalized spacial score (nSPS) is 28.7. The Morgan fingerprint density at radius 1 is 0.952 bits per heavy atom. The van der Waals surface area contributed by atoms with Crippen molar-refractivity contribution < 1.29 is 18.7 Å². The van der Waals surface area contributed by atoms with Gasteiger partial charge in [-0.1, -0.05) is 60.8 Å². The molecule has 3 fully saturated rings. The van der Waals surface area contributed by atoms with E-state index in [2.05, 4.69) is 68.9 Å². The van der Waals surface area contributed by atoms with Crippen molar-refractivity contribution in [3.63, 3.8) is 0 Å². The third-order valence-corrected chi connectivity index (χ3v) is 8.96. The van der Waals surface area contributed by atoms with Crippen LogP contribution in [0.4, 0.5) is 9.18 Å². The van der Waals surface area contributed by atoms with E-state index >= 15 is 0 Å². The highest BCUT2D eigenvalue weighted by molar-refractivity contribution is 7.59. The van der Waals surface area contributed by atoms with Crippen LogP contribution in [0.3, 0.4) is 0 Å². The summed E-state index contributed by atoms with van der Waals surface area (Å²) in [5, 5.41) is 0. The molecule has 0 radical (unpaired) electrons. The minimum absolute atomic E-state index is 0. The van der Waals surface area contributed by atoms with Gasteiger partial charge in [0.1, 0.15) is 0 Å². The second-order valence-electron chi connectivity index (χ2n) is 10.6. The number of carbonyl (C=O) groups excluding carboxylic acids is 2. The molecular weight excluding hydrogens is 547 g/mol. The number of nitrogens with two attached hydrogens (primary N) is 1. The number of primary amides is 1. The van der Waals surface area contributed by atoms with Gasteiger partial charge in [-0.15, -0.1) is 38.5 Å². The topological polar surface area (TPSA) is 72.6 Å². The number of amides is 2. The molecule has 4 aliphatic rings. The lowest BCUT2D eigenvalue weighted by Crippen LogP contribution is -2.59. The van der Waals surface area contributed by atoms with Crippen molar-refractivity contribution in [2.75, 3.05) is 7.05 Å². The summed E-state index contributed by atoms with van der Waals surface area (Å²) in [6, 6.07) is 5.96. The summed E-state index contributed by atoms with van der Waals surface area (Å²) in [5.74, 6) is 2.09. The minimum atomic E-state index is -1.02. The fourth-order valence-corrected chi connectivity index (χ4v) is 7.37. The zero-order chi connectivity index (χ0) is 29.1. The molecule has 0 aromatic heterocycles. The first-order valence-electron chi connectivity index (χ1n) is 12.8. The van der Waals surface area contributed by atoms with E-state index in [-0.39, 0.29) is 52.8 Å². The van der Waals surface area contributed by atoms with Crippen molar-refractivity contribution in [2.45, 2.75) is 87.1 Å². The summed E-state index contributed by atoms with van der Waals surface area (Å²) in [6.07, 6.45) is 36.8. The van der Waals surface area contributed by atoms with Gasteiger partial charge >= 0.3 is 6.09 Å². The number of hydrogen-bond acceptors (Lipinski definition) is 3. The Labute approximate surface area is 263 Å². The van der Waals surface area contributed by atoms with Gasteiger partial charge in [0.15, 0.2) is 11.6 Å². The van der Waals surface area contributed by atoms with Crippen molar-refractivity contribution in [1.82, 2.24) is 4.90 Å². The fraction of sp³-hybridized carbons (Fsp3) is 0.543. The lowest BCUT2D eigenvalue weighted by molar-refractivity contribution is -0.138. The number of halogens is 1. The third kappa shape index (κ3) is 9.61. The SMILES string of the molecule is C.C.C.C#C.C#C.C#C.CN1C(=O)C=C[C@]2(C)C3CC[C@]4(C)CCCC4[C@@H]3CCC12.NC(=O)Oc1ccccc1F.S. The van der Waals surface area contributed by atoms with Crippen molar-refractivity contribution in [2.24, 2.45) is 34.3 Å². The zero-order valence-corrected chi connectivity index (χ0v) is 24.3. The van der Waals surface area contributed by atoms with E-state index in [0.29, 0.717) is 11.5 Å². The summed E-state index contributed by atoms with van der Waals surface area (Å²) in [6.45, 7) is 4.99. The predicted octanol–water partition coefficient (Wildman–Crippen LogP) is 8.07. The maximum absolute atomic E-state index is 12.6. The lowest BCUT2D eigenvalue weighted by atomic mass is 9.48. The minimum Gasteiger partial charge on any atom is -0.407 e. The molecule has 0 saturated heterocycles. The molecule has 42 heavy (non-hydrogen) atoms. The largest absolute Gasteiger partial charge is 0.410 e. The van der Waals surface area contributed by atoms with Crippen LogP contribution < -0.4 is 10.5 Å². The second kappa shape index (κ2) is 20.5. The van der Waals surface area contributed by atoms with E-state index in [1.807, 2.05) is 18.0 Å². The molecule has 1 heterocycles. The smallest absolute Gasteiger partial charge is 0.407 e. The second-order valence-corrected chi connectivity index (χ2v) is 10.6. The van der Waals surface area contributed by atoms with Gasteiger partial charge in [0.2, 0.25) is 5.91 Å². The average molecular weight is 603 g/mol. The Morgan fingerprint density at radius 2 is 1.52 bits per heavy atom. The molecule has 7 heteroatoms. The maximum Gasteiger partial charge on any atom is 0.410 e. The van der Waals surface area contributed by atoms with Crippen LogP contribution in [-0.4, -0.2) is 30.0 Å². The fourth-order valence-electron chi connectivity index (χ4n) is 7.37. The first-order chi connectivity index (χ1) is 18.2. The Balaban J connectivity index is -0.000000299. The van der Waals surface area contributed by atoms with Crippen LogP contribution in [0.15, 0.2) is 36.4 Å². The summed E-state index contributed by atoms with van der Waals surface area (Å²) >= 11 is 0. The molecule has 1 aliphatic heterocycles. The standard InChI is InChI=1S/C19H29NO.C7H6FNO2.3C2H2.3CH4.H2S/c1-18-10-4-5-14(18)13-6-7-16-19(2,15(13)8-11-18)12-9-17(21)20(16)3;8-5-3-1-2-4-6(5)11-7(9)10;3*1-2;;;;/h9,12-16H,4-8,10-11H2,1-3H3;1-4H,(H2,9,10);3*1-2H;3*1H4;1H2/t13-,14?,15?,16?,18-,19+;;;;;;;;/m0......../s1. The number of carbonyl (C=O) groups is 2. The maximum atomic E-state index is 12.6. The van der Waals surface area contributed by atoms with Crippen LogP contribution in [0, 0.1) is 72.9 Å². The Kier molecular flexibility index (Phi) is 22.3. The molecule has 5 nitrogen and oxygen atoms in total. The van der Waals surface area contributed by atoms with E-state index in [9.17, 15) is 14.0 Å². The number of likely N-dealkylation sites (N-methyl/N-ethyl adjacent to an activating group) is 1. The molecule has 0 bridgehead atoms. The summed E-state index contributed by atoms with van der Waals surface area (Å²) in [7, 11) is 2.01. The lowest BCUT2D eigenvalue weighted by Gasteiger charge is -2.59. The third-order valence-electron chi connectivity index (χ3n) is 8.96. The highest BCUT2D eigenvalue weighted by Gasteiger charge is 2.57. The quantitative estimate of drug-likeness (QED) is 0.331. The van der Waals surface area contributed by atoms with Crippen molar-refractivity contribution in [3.05, 3.63) is 42.2 Å². The molecule has 6 atom stereocenters. The Hall–Kier alpha value is -3.34. The van der Waals surface area contributed by atoms with Gasteiger partial charge in [0.05, 0.1) is 0 Å². The average Bonchev–Trinajstić information content (AvgIpc) is 3.33. The summed E-state index contributed by atoms with van der Waals surface area (Å²) < 4.78 is 16.9. The van der Waals surface area contributed by atoms with E-state index in [1.165, 1.54) is 63.1 Å². The van der Waals surface area contributed by atoms with Gasteiger partial charge in [0.25, 0.3) is 0 Å². The van der Waals surface area contributed by atoms with E-state index in [0.717, 1.165) is 17.8 Å². The highest BCUT2D eigenvalue weighted by atomic mass is 32.1. The van der Waals surface area contributed by atoms with Crippen molar-refractivity contribution in [3.8, 4) is 44.3 Å². The number of para-hydroxylation sites is 1. The van der Waals surface area contributed by atoms with E-state index in [4.69, 9.17) is 0 Å². The van der Waals surface area contributed by atoms with Crippen LogP contribution in [0.2, 0.25) is 0 Å². The van der Waals surface area contributed by atoms with Crippen molar-refractivity contribution in [1.29, 1.82) is 0 Å². The van der Waals surface area contributed by atoms with Crippen LogP contribution >= 0.6 is 13.5 Å². The number of fused-ring (bicyclic) bond motifs is 5. The number of nitrogens with zero attached hydrogens (tertiary/aromatic N) is 1. The number of rotatable bonds is 1. The van der Waals surface area contributed by atoms with Crippen LogP contribution in [0.25, 0.3) is 0 Å². The molecule has 2 amide bonds. The molecule has 3 aliphatic carbocycles. The van der Waals surface area contributed by atoms with Crippen molar-refractivity contribution >= 4 is 25.5 Å². The molecule has 1 aromatic rings. The van der Waals surface area contributed by atoms with E-state index < -0.39 is 11.9 Å². The monoisotopic (exact) mass is 602 g/mol. The number of hydrogen-bond donors (Lipinski definition) is 1. The summed E-state index contributed by atoms with van der Waals surface area (Å²) in [5.41, 5.74) is 5.51. The van der Waals surface area contributed by atoms with Gasteiger partial charge < -0.3 is 15.4 Å². The van der Waals surface area contributed by atoms with Crippen LogP contribution in [0.1, 0.15) is 81.1 Å². The van der Waals surface area contributed by atoms with Crippen LogP contribution in [0.5, 0.6) is 5.75 Å². The summed E-state index contributed by atoms with van der Waals surface area (Å²) in [4.78, 5) is 24.2. The first kappa shape index (κ1) is 45.6. The molecule has 236 valence electrons. The Bertz CT molecular complexity index is 1040. The molecule has 1 aromatic carbocycles. The molecule has 3 saturated carbocycles. The number of benzene rings is 1. The molecule has 5 rings (SSSR count). The first-order valence-corrected chi connectivity index (χ1v) is 12.8. The van der Waals surface area contributed by atoms with Gasteiger partial charge in [-0.3, -0.25) is 4.79 Å². The van der Waals surface area contributed by atoms with Gasteiger partial charge in [-0.2, -0.15) is 13.5 Å².